The van der Waals surface area contributed by atoms with Gasteiger partial charge in [0, 0.05) is 23.6 Å². The van der Waals surface area contributed by atoms with Gasteiger partial charge in [-0.2, -0.15) is 0 Å². The van der Waals surface area contributed by atoms with Crippen molar-refractivity contribution in [2.75, 3.05) is 24.2 Å². The number of anilines is 1. The number of ether oxygens (including phenoxy) is 2. The summed E-state index contributed by atoms with van der Waals surface area (Å²) in [6, 6.07) is 9.05. The number of nitrogens with zero attached hydrogens (tertiary/aromatic N) is 2. The number of aromatic amines is 1. The summed E-state index contributed by atoms with van der Waals surface area (Å²) in [5.74, 6) is -1.06. The van der Waals surface area contributed by atoms with Gasteiger partial charge in [-0.05, 0) is 61.4 Å². The van der Waals surface area contributed by atoms with Crippen LogP contribution in [-0.4, -0.2) is 52.6 Å². The minimum Gasteiger partial charge on any atom is -0.462 e. The van der Waals surface area contributed by atoms with E-state index in [-0.39, 0.29) is 23.9 Å². The maximum Gasteiger partial charge on any atom is 0.442 e. The first kappa shape index (κ1) is 27.5. The molecule has 3 aromatic rings. The number of esters is 1. The summed E-state index contributed by atoms with van der Waals surface area (Å²) in [6.07, 6.45) is -0.0148. The van der Waals surface area contributed by atoms with Crippen LogP contribution >= 0.6 is 23.1 Å². The number of benzene rings is 1. The topological polar surface area (TPSA) is 135 Å². The molecule has 3 heterocycles. The van der Waals surface area contributed by atoms with Gasteiger partial charge in [-0.25, -0.2) is 14.4 Å². The Balaban J connectivity index is 1.51. The van der Waals surface area contributed by atoms with Crippen LogP contribution in [0.3, 0.4) is 0 Å². The third-order valence-electron chi connectivity index (χ3n) is 5.40. The molecule has 2 N–H and O–H groups in total. The number of thiophene rings is 1. The minimum atomic E-state index is -0.630. The van der Waals surface area contributed by atoms with Crippen LogP contribution in [0.4, 0.5) is 9.80 Å². The second kappa shape index (κ2) is 11.4. The molecular formula is C25H29N4O7S2+. The number of fused-ring (bicyclic) bond motifs is 1. The third-order valence-corrected chi connectivity index (χ3v) is 7.56. The SMILES string of the molecule is CCOC(=O)c1c(NC(=O)CSc2c(=O)o[nH][n+]2-c2ccccc2)sc2c1CCN(C(=O)OC(C)(C)C)C2. The molecule has 0 bridgehead atoms. The number of rotatable bonds is 7. The van der Waals surface area contributed by atoms with Crippen LogP contribution in [0.2, 0.25) is 0 Å². The number of carbonyl (C=O) groups excluding carboxylic acids is 3. The molecule has 0 atom stereocenters. The van der Waals surface area contributed by atoms with Gasteiger partial charge in [0.25, 0.3) is 0 Å². The summed E-state index contributed by atoms with van der Waals surface area (Å²) in [5.41, 5.74) is 0.493. The Labute approximate surface area is 227 Å². The molecule has 11 nitrogen and oxygen atoms in total. The third kappa shape index (κ3) is 6.27. The van der Waals surface area contributed by atoms with Crippen molar-refractivity contribution in [3.05, 3.63) is 56.8 Å². The normalized spacial score (nSPS) is 13.1. The number of hydrogen-bond donors (Lipinski definition) is 2. The molecule has 1 aliphatic heterocycles. The van der Waals surface area contributed by atoms with Gasteiger partial charge < -0.3 is 19.7 Å². The van der Waals surface area contributed by atoms with E-state index >= 15 is 0 Å². The van der Waals surface area contributed by atoms with Crippen molar-refractivity contribution in [1.82, 2.24) is 10.2 Å². The van der Waals surface area contributed by atoms with Crippen molar-refractivity contribution >= 4 is 46.1 Å². The Morgan fingerprint density at radius 3 is 2.66 bits per heavy atom. The smallest absolute Gasteiger partial charge is 0.442 e. The van der Waals surface area contributed by atoms with E-state index in [1.165, 1.54) is 16.0 Å². The fraction of sp³-hybridized carbons (Fsp3) is 0.400. The zero-order chi connectivity index (χ0) is 27.4. The van der Waals surface area contributed by atoms with Crippen molar-refractivity contribution in [3.8, 4) is 5.69 Å². The molecule has 13 heteroatoms. The molecule has 1 aromatic carbocycles. The highest BCUT2D eigenvalue weighted by atomic mass is 32.2. The number of aromatic nitrogens is 2. The lowest BCUT2D eigenvalue weighted by atomic mass is 10.0. The van der Waals surface area contributed by atoms with Gasteiger partial charge in [-0.3, -0.25) is 9.32 Å². The van der Waals surface area contributed by atoms with E-state index in [2.05, 4.69) is 10.6 Å². The fourth-order valence-electron chi connectivity index (χ4n) is 3.82. The Hall–Kier alpha value is -3.58. The molecule has 0 spiro atoms. The number of hydrogen-bond acceptors (Lipinski definition) is 9. The van der Waals surface area contributed by atoms with E-state index in [0.717, 1.165) is 22.2 Å². The second-order valence-electron chi connectivity index (χ2n) is 9.37. The molecule has 4 rings (SSSR count). The Bertz CT molecular complexity index is 1390. The lowest BCUT2D eigenvalue weighted by Gasteiger charge is -2.30. The highest BCUT2D eigenvalue weighted by molar-refractivity contribution is 7.99. The van der Waals surface area contributed by atoms with Crippen LogP contribution in [0.1, 0.15) is 48.5 Å². The van der Waals surface area contributed by atoms with Gasteiger partial charge in [0.05, 0.1) is 24.5 Å². The van der Waals surface area contributed by atoms with Gasteiger partial charge in [0.15, 0.2) is 0 Å². The molecule has 0 radical (unpaired) electrons. The van der Waals surface area contributed by atoms with Crippen LogP contribution in [0.5, 0.6) is 0 Å². The summed E-state index contributed by atoms with van der Waals surface area (Å²) in [5, 5.41) is 5.89. The average Bonchev–Trinajstić information content (AvgIpc) is 3.41. The summed E-state index contributed by atoms with van der Waals surface area (Å²) in [4.78, 5) is 52.9. The molecule has 0 aliphatic carbocycles. The first-order valence-corrected chi connectivity index (χ1v) is 13.8. The molecular weight excluding hydrogens is 532 g/mol. The largest absolute Gasteiger partial charge is 0.462 e. The molecule has 0 saturated heterocycles. The molecule has 0 unspecified atom stereocenters. The standard InChI is InChI=1S/C25H28N4O7S2/c1-5-34-22(31)19-16-11-12-28(24(33)35-25(2,3)4)13-17(16)38-20(19)26-18(30)14-37-21-23(32)36-27-29(21)15-9-7-6-8-10-15/h6-10H,5,11-14H2,1-4H3,(H-,26,27,30,31,32)/p+1. The summed E-state index contributed by atoms with van der Waals surface area (Å²) in [6.45, 7) is 7.92. The Morgan fingerprint density at radius 1 is 1.24 bits per heavy atom. The molecule has 2 amide bonds. The molecule has 2 aromatic heterocycles. The van der Waals surface area contributed by atoms with Gasteiger partial charge in [0.2, 0.25) is 11.6 Å². The van der Waals surface area contributed by atoms with Crippen molar-refractivity contribution in [2.45, 2.75) is 51.3 Å². The van der Waals surface area contributed by atoms with Gasteiger partial charge >= 0.3 is 22.7 Å². The van der Waals surface area contributed by atoms with Crippen molar-refractivity contribution in [2.24, 2.45) is 0 Å². The monoisotopic (exact) mass is 561 g/mol. The van der Waals surface area contributed by atoms with Crippen LogP contribution in [0, 0.1) is 0 Å². The predicted molar refractivity (Wildman–Crippen MR) is 141 cm³/mol. The first-order valence-electron chi connectivity index (χ1n) is 12.0. The molecule has 38 heavy (non-hydrogen) atoms. The lowest BCUT2D eigenvalue weighted by molar-refractivity contribution is -0.704. The number of thioether (sulfide) groups is 1. The fourth-order valence-corrected chi connectivity index (χ4v) is 5.86. The van der Waals surface area contributed by atoms with E-state index in [1.54, 1.807) is 44.7 Å². The van der Waals surface area contributed by atoms with Crippen LogP contribution in [0.15, 0.2) is 44.7 Å². The first-order chi connectivity index (χ1) is 18.1. The maximum absolute atomic E-state index is 12.9. The maximum atomic E-state index is 12.9. The number of nitrogens with one attached hydrogen (secondary N) is 2. The number of carbonyl (C=O) groups is 3. The quantitative estimate of drug-likeness (QED) is 0.254. The average molecular weight is 562 g/mol. The van der Waals surface area contributed by atoms with Gasteiger partial charge in [-0.1, -0.05) is 18.2 Å². The van der Waals surface area contributed by atoms with E-state index < -0.39 is 29.2 Å². The zero-order valence-corrected chi connectivity index (χ0v) is 23.1. The lowest BCUT2D eigenvalue weighted by Crippen LogP contribution is -2.39. The Kier molecular flexibility index (Phi) is 8.26. The highest BCUT2D eigenvalue weighted by Gasteiger charge is 2.33. The molecule has 0 saturated carbocycles. The summed E-state index contributed by atoms with van der Waals surface area (Å²) >= 11 is 2.23. The highest BCUT2D eigenvalue weighted by Crippen LogP contribution is 2.38. The van der Waals surface area contributed by atoms with Crippen LogP contribution in [0.25, 0.3) is 5.69 Å². The van der Waals surface area contributed by atoms with Gasteiger partial charge in [-0.15, -0.1) is 11.3 Å². The van der Waals surface area contributed by atoms with Crippen LogP contribution < -0.4 is 15.6 Å². The Morgan fingerprint density at radius 2 is 1.97 bits per heavy atom. The van der Waals surface area contributed by atoms with E-state index in [1.807, 2.05) is 18.2 Å². The van der Waals surface area contributed by atoms with Crippen LogP contribution in [-0.2, 0) is 27.2 Å². The van der Waals surface area contributed by atoms with Crippen molar-refractivity contribution in [1.29, 1.82) is 0 Å². The van der Waals surface area contributed by atoms with E-state index in [9.17, 15) is 19.2 Å². The number of para-hydroxylation sites is 1. The molecule has 202 valence electrons. The van der Waals surface area contributed by atoms with E-state index in [0.29, 0.717) is 29.2 Å². The second-order valence-corrected chi connectivity index (χ2v) is 11.4. The predicted octanol–water partition coefficient (Wildman–Crippen LogP) is 3.51. The van der Waals surface area contributed by atoms with E-state index in [4.69, 9.17) is 14.0 Å². The summed E-state index contributed by atoms with van der Waals surface area (Å²) < 4.78 is 17.1. The number of H-pyrrole nitrogens is 1. The molecule has 0 fully saturated rings. The van der Waals surface area contributed by atoms with Crippen molar-refractivity contribution < 1.29 is 33.1 Å². The number of amides is 2. The van der Waals surface area contributed by atoms with Gasteiger partial charge in [0.1, 0.15) is 10.6 Å². The molecule has 1 aliphatic rings. The summed E-state index contributed by atoms with van der Waals surface area (Å²) in [7, 11) is 0. The zero-order valence-electron chi connectivity index (χ0n) is 21.5. The minimum absolute atomic E-state index is 0.107. The van der Waals surface area contributed by atoms with Crippen molar-refractivity contribution in [3.63, 3.8) is 0 Å².